The third-order valence-corrected chi connectivity index (χ3v) is 3.36. The lowest BCUT2D eigenvalue weighted by Gasteiger charge is -2.00. The Labute approximate surface area is 145 Å². The maximum atomic E-state index is 9.04. The highest BCUT2D eigenvalue weighted by Crippen LogP contribution is 2.07. The van der Waals surface area contributed by atoms with E-state index < -0.39 is 0 Å². The molecule has 0 aromatic rings. The quantitative estimate of drug-likeness (QED) is 0.364. The van der Waals surface area contributed by atoms with Crippen LogP contribution in [0.5, 0.6) is 0 Å². The third-order valence-electron chi connectivity index (χ3n) is 3.36. The van der Waals surface area contributed by atoms with Gasteiger partial charge in [0.15, 0.2) is 0 Å². The number of aliphatic hydroxyl groups excluding tert-OH is 2. The Bertz CT molecular complexity index is 321. The minimum Gasteiger partial charge on any atom is -0.392 e. The Morgan fingerprint density at radius 2 is 1.61 bits per heavy atom. The summed E-state index contributed by atoms with van der Waals surface area (Å²) < 4.78 is 0. The van der Waals surface area contributed by atoms with Crippen LogP contribution in [0.2, 0.25) is 0 Å². The Balaban J connectivity index is 0. The second-order valence-corrected chi connectivity index (χ2v) is 6.43. The first-order valence-electron chi connectivity index (χ1n) is 9.18. The van der Waals surface area contributed by atoms with E-state index in [9.17, 15) is 0 Å². The molecule has 2 N–H and O–H groups in total. The first-order chi connectivity index (χ1) is 10.9. The molecule has 0 rings (SSSR count). The van der Waals surface area contributed by atoms with Crippen LogP contribution in [-0.4, -0.2) is 22.9 Å². The topological polar surface area (TPSA) is 40.5 Å². The van der Waals surface area contributed by atoms with E-state index in [0.29, 0.717) is 0 Å². The second kappa shape index (κ2) is 19.2. The number of hydrogen-bond acceptors (Lipinski definition) is 2. The molecule has 0 aliphatic heterocycles. The summed E-state index contributed by atoms with van der Waals surface area (Å²) in [6.07, 6.45) is 17.6. The highest BCUT2D eigenvalue weighted by molar-refractivity contribution is 5.03. The molecule has 23 heavy (non-hydrogen) atoms. The molecule has 0 amide bonds. The Hall–Kier alpha value is -0.860. The van der Waals surface area contributed by atoms with Crippen LogP contribution < -0.4 is 0 Å². The Morgan fingerprint density at radius 1 is 0.957 bits per heavy atom. The zero-order chi connectivity index (χ0) is 17.9. The van der Waals surface area contributed by atoms with Crippen molar-refractivity contribution in [3.8, 4) is 0 Å². The van der Waals surface area contributed by atoms with E-state index >= 15 is 0 Å². The SMILES string of the molecule is CC(C)=CCC/C(C)=C/C(C)O.CCCCCCC/C=C/CO. The lowest BCUT2D eigenvalue weighted by atomic mass is 10.1. The van der Waals surface area contributed by atoms with Crippen LogP contribution in [0.15, 0.2) is 35.5 Å². The average Bonchev–Trinajstić information content (AvgIpc) is 2.46. The van der Waals surface area contributed by atoms with Gasteiger partial charge in [-0.1, -0.05) is 68.1 Å². The first kappa shape index (κ1) is 24.4. The van der Waals surface area contributed by atoms with Gasteiger partial charge in [0.25, 0.3) is 0 Å². The summed E-state index contributed by atoms with van der Waals surface area (Å²) in [5.74, 6) is 0. The van der Waals surface area contributed by atoms with Gasteiger partial charge >= 0.3 is 0 Å². The summed E-state index contributed by atoms with van der Waals surface area (Å²) in [5, 5.41) is 17.5. The molecule has 1 atom stereocenters. The van der Waals surface area contributed by atoms with Gasteiger partial charge in [-0.25, -0.2) is 0 Å². The molecule has 0 aliphatic carbocycles. The van der Waals surface area contributed by atoms with Crippen molar-refractivity contribution in [2.24, 2.45) is 0 Å². The van der Waals surface area contributed by atoms with Crippen molar-refractivity contribution in [3.05, 3.63) is 35.5 Å². The zero-order valence-electron chi connectivity index (χ0n) is 16.1. The lowest BCUT2D eigenvalue weighted by molar-refractivity contribution is 0.243. The van der Waals surface area contributed by atoms with Crippen LogP contribution in [0.3, 0.4) is 0 Å². The van der Waals surface area contributed by atoms with Gasteiger partial charge in [-0.2, -0.15) is 0 Å². The molecule has 0 radical (unpaired) electrons. The molecular formula is C21H40O2. The molecule has 2 heteroatoms. The monoisotopic (exact) mass is 324 g/mol. The smallest absolute Gasteiger partial charge is 0.0695 e. The summed E-state index contributed by atoms with van der Waals surface area (Å²) in [4.78, 5) is 0. The fourth-order valence-electron chi connectivity index (χ4n) is 2.14. The number of allylic oxidation sites excluding steroid dienone is 4. The molecule has 0 spiro atoms. The van der Waals surface area contributed by atoms with Gasteiger partial charge < -0.3 is 10.2 Å². The maximum Gasteiger partial charge on any atom is 0.0695 e. The van der Waals surface area contributed by atoms with E-state index in [2.05, 4.69) is 39.8 Å². The summed E-state index contributed by atoms with van der Waals surface area (Å²) in [6.45, 7) is 10.5. The van der Waals surface area contributed by atoms with Gasteiger partial charge in [0.1, 0.15) is 0 Å². The summed E-state index contributed by atoms with van der Waals surface area (Å²) >= 11 is 0. The second-order valence-electron chi connectivity index (χ2n) is 6.43. The van der Waals surface area contributed by atoms with Crippen LogP contribution in [0.25, 0.3) is 0 Å². The van der Waals surface area contributed by atoms with Crippen LogP contribution in [0.4, 0.5) is 0 Å². The van der Waals surface area contributed by atoms with Gasteiger partial charge in [-0.05, 0) is 53.4 Å². The van der Waals surface area contributed by atoms with Crippen molar-refractivity contribution in [3.63, 3.8) is 0 Å². The van der Waals surface area contributed by atoms with Gasteiger partial charge in [-0.3, -0.25) is 0 Å². The highest BCUT2D eigenvalue weighted by Gasteiger charge is 1.92. The fourth-order valence-corrected chi connectivity index (χ4v) is 2.14. The van der Waals surface area contributed by atoms with Crippen molar-refractivity contribution in [2.75, 3.05) is 6.61 Å². The summed E-state index contributed by atoms with van der Waals surface area (Å²) in [5.41, 5.74) is 2.63. The van der Waals surface area contributed by atoms with E-state index in [1.807, 2.05) is 12.2 Å². The minimum absolute atomic E-state index is 0.189. The van der Waals surface area contributed by atoms with Crippen molar-refractivity contribution >= 4 is 0 Å². The standard InChI is InChI=1S/C11H20O.C10H20O/c1-9(2)6-5-7-10(3)8-11(4)12;1-2-3-4-5-6-7-8-9-10-11/h6,8,11-12H,5,7H2,1-4H3;8-9,11H,2-7,10H2,1H3/b10-8+;9-8+. The molecule has 0 aromatic carbocycles. The molecule has 0 saturated carbocycles. The van der Waals surface area contributed by atoms with Crippen LogP contribution in [-0.2, 0) is 0 Å². The molecule has 0 bridgehead atoms. The van der Waals surface area contributed by atoms with Crippen molar-refractivity contribution in [1.29, 1.82) is 0 Å². The molecule has 136 valence electrons. The zero-order valence-corrected chi connectivity index (χ0v) is 16.1. The van der Waals surface area contributed by atoms with E-state index in [1.54, 1.807) is 6.92 Å². The number of hydrogen-bond donors (Lipinski definition) is 2. The number of unbranched alkanes of at least 4 members (excludes halogenated alkanes) is 5. The molecule has 0 aliphatic rings. The molecule has 0 fully saturated rings. The minimum atomic E-state index is -0.309. The van der Waals surface area contributed by atoms with Gasteiger partial charge in [0, 0.05) is 0 Å². The molecular weight excluding hydrogens is 284 g/mol. The summed E-state index contributed by atoms with van der Waals surface area (Å²) in [6, 6.07) is 0. The molecule has 1 unspecified atom stereocenters. The average molecular weight is 325 g/mol. The van der Waals surface area contributed by atoms with Gasteiger partial charge in [-0.15, -0.1) is 0 Å². The Kier molecular flexibility index (Phi) is 20.3. The van der Waals surface area contributed by atoms with E-state index in [0.717, 1.165) is 19.3 Å². The summed E-state index contributed by atoms with van der Waals surface area (Å²) in [7, 11) is 0. The predicted molar refractivity (Wildman–Crippen MR) is 104 cm³/mol. The molecule has 0 saturated heterocycles. The fraction of sp³-hybridized carbons (Fsp3) is 0.714. The lowest BCUT2D eigenvalue weighted by Crippen LogP contribution is -1.94. The maximum absolute atomic E-state index is 9.04. The molecule has 2 nitrogen and oxygen atoms in total. The number of rotatable bonds is 11. The normalized spacial score (nSPS) is 12.7. The van der Waals surface area contributed by atoms with Crippen molar-refractivity contribution in [1.82, 2.24) is 0 Å². The van der Waals surface area contributed by atoms with E-state index in [1.165, 1.54) is 43.3 Å². The number of aliphatic hydroxyl groups is 2. The van der Waals surface area contributed by atoms with Crippen molar-refractivity contribution < 1.29 is 10.2 Å². The third kappa shape index (κ3) is 26.4. The predicted octanol–water partition coefficient (Wildman–Crippen LogP) is 5.96. The van der Waals surface area contributed by atoms with Gasteiger partial charge in [0.05, 0.1) is 12.7 Å². The van der Waals surface area contributed by atoms with Crippen LogP contribution in [0.1, 0.15) is 86.0 Å². The van der Waals surface area contributed by atoms with Crippen LogP contribution in [0, 0.1) is 0 Å². The molecule has 0 heterocycles. The first-order valence-corrected chi connectivity index (χ1v) is 9.18. The van der Waals surface area contributed by atoms with Gasteiger partial charge in [0.2, 0.25) is 0 Å². The largest absolute Gasteiger partial charge is 0.392 e. The Morgan fingerprint density at radius 3 is 2.13 bits per heavy atom. The van der Waals surface area contributed by atoms with E-state index in [-0.39, 0.29) is 12.7 Å². The van der Waals surface area contributed by atoms with Crippen molar-refractivity contribution in [2.45, 2.75) is 92.1 Å². The highest BCUT2D eigenvalue weighted by atomic mass is 16.3. The van der Waals surface area contributed by atoms with Crippen LogP contribution >= 0.6 is 0 Å². The van der Waals surface area contributed by atoms with E-state index in [4.69, 9.17) is 10.2 Å². The molecule has 0 aromatic heterocycles.